The summed E-state index contributed by atoms with van der Waals surface area (Å²) in [6, 6.07) is 12.1. The van der Waals surface area contributed by atoms with Gasteiger partial charge in [0, 0.05) is 21.6 Å². The van der Waals surface area contributed by atoms with E-state index in [1.54, 1.807) is 40.5 Å². The second kappa shape index (κ2) is 6.43. The lowest BCUT2D eigenvalue weighted by Gasteiger charge is -1.93. The molecular weight excluding hydrogens is 322 g/mol. The van der Waals surface area contributed by atoms with Crippen LogP contribution in [0, 0.1) is 0 Å². The Balaban J connectivity index is 1.66. The van der Waals surface area contributed by atoms with Crippen molar-refractivity contribution in [3.8, 4) is 0 Å². The molecule has 3 rings (SSSR count). The quantitative estimate of drug-likeness (QED) is 0.541. The second-order valence-corrected chi connectivity index (χ2v) is 7.66. The number of aliphatic carboxylic acids is 1. The zero-order valence-electron chi connectivity index (χ0n) is 10.9. The smallest absolute Gasteiger partial charge is 0.328 e. The number of thiophene rings is 1. The second-order valence-electron chi connectivity index (χ2n) is 4.21. The number of carboxylic acids is 1. The summed E-state index contributed by atoms with van der Waals surface area (Å²) in [6.07, 6.45) is 2.79. The molecule has 2 heterocycles. The highest BCUT2D eigenvalue weighted by atomic mass is 32.2. The number of thioether (sulfide) groups is 1. The molecule has 0 fully saturated rings. The molecule has 0 unspecified atom stereocenters. The van der Waals surface area contributed by atoms with Crippen molar-refractivity contribution in [3.63, 3.8) is 0 Å². The average Bonchev–Trinajstić information content (AvgIpc) is 3.09. The topological polar surface area (TPSA) is 50.2 Å². The Hall–Kier alpha value is -1.63. The van der Waals surface area contributed by atoms with Crippen molar-refractivity contribution in [2.75, 3.05) is 0 Å². The minimum atomic E-state index is -0.922. The number of fused-ring (bicyclic) bond motifs is 1. The molecule has 0 spiro atoms. The van der Waals surface area contributed by atoms with Crippen LogP contribution in [0.4, 0.5) is 0 Å². The van der Waals surface area contributed by atoms with Crippen molar-refractivity contribution in [2.24, 2.45) is 0 Å². The third kappa shape index (κ3) is 3.72. The van der Waals surface area contributed by atoms with Gasteiger partial charge in [-0.05, 0) is 30.3 Å². The highest BCUT2D eigenvalue weighted by molar-refractivity contribution is 8.00. The van der Waals surface area contributed by atoms with E-state index in [-0.39, 0.29) is 0 Å². The molecule has 1 N–H and O–H groups in total. The van der Waals surface area contributed by atoms with E-state index in [2.05, 4.69) is 11.1 Å². The van der Waals surface area contributed by atoms with Gasteiger partial charge in [-0.2, -0.15) is 0 Å². The molecule has 0 bridgehead atoms. The number of rotatable bonds is 5. The van der Waals surface area contributed by atoms with Crippen LogP contribution in [0.15, 0.2) is 46.8 Å². The maximum atomic E-state index is 10.5. The van der Waals surface area contributed by atoms with Crippen molar-refractivity contribution in [3.05, 3.63) is 52.2 Å². The third-order valence-corrected chi connectivity index (χ3v) is 6.15. The molecule has 0 saturated carbocycles. The molecule has 2 aromatic heterocycles. The Morgan fingerprint density at radius 3 is 2.90 bits per heavy atom. The molecule has 3 nitrogen and oxygen atoms in total. The summed E-state index contributed by atoms with van der Waals surface area (Å²) in [6.45, 7) is 0. The lowest BCUT2D eigenvalue weighted by molar-refractivity contribution is -0.131. The molecular formula is C15H11NO2S3. The molecule has 0 aliphatic rings. The monoisotopic (exact) mass is 333 g/mol. The first-order valence-corrected chi connectivity index (χ1v) is 8.81. The Labute approximate surface area is 134 Å². The molecule has 21 heavy (non-hydrogen) atoms. The van der Waals surface area contributed by atoms with E-state index in [9.17, 15) is 4.79 Å². The molecule has 1 aromatic carbocycles. The number of carbonyl (C=O) groups is 1. The van der Waals surface area contributed by atoms with Crippen molar-refractivity contribution in [1.82, 2.24) is 4.98 Å². The summed E-state index contributed by atoms with van der Waals surface area (Å²) in [4.78, 5) is 17.2. The summed E-state index contributed by atoms with van der Waals surface area (Å²) >= 11 is 5.02. The van der Waals surface area contributed by atoms with E-state index in [4.69, 9.17) is 5.11 Å². The molecule has 106 valence electrons. The summed E-state index contributed by atoms with van der Waals surface area (Å²) in [7, 11) is 0. The van der Waals surface area contributed by atoms with Crippen LogP contribution in [-0.2, 0) is 10.5 Å². The van der Waals surface area contributed by atoms with Crippen molar-refractivity contribution >= 4 is 56.7 Å². The van der Waals surface area contributed by atoms with Gasteiger partial charge in [0.25, 0.3) is 0 Å². The lowest BCUT2D eigenvalue weighted by atomic mass is 10.3. The highest BCUT2D eigenvalue weighted by Crippen LogP contribution is 2.33. The average molecular weight is 333 g/mol. The molecule has 0 amide bonds. The molecule has 0 radical (unpaired) electrons. The first-order valence-electron chi connectivity index (χ1n) is 6.19. The molecule has 0 saturated heterocycles. The van der Waals surface area contributed by atoms with Crippen LogP contribution in [0.25, 0.3) is 16.3 Å². The van der Waals surface area contributed by atoms with Crippen LogP contribution in [-0.4, -0.2) is 16.1 Å². The largest absolute Gasteiger partial charge is 0.478 e. The van der Waals surface area contributed by atoms with E-state index in [1.165, 1.54) is 9.58 Å². The zero-order chi connectivity index (χ0) is 14.7. The fourth-order valence-electron chi connectivity index (χ4n) is 1.76. The van der Waals surface area contributed by atoms with Crippen LogP contribution in [0.2, 0.25) is 0 Å². The molecule has 3 aromatic rings. The van der Waals surface area contributed by atoms with Gasteiger partial charge in [-0.25, -0.2) is 9.78 Å². The van der Waals surface area contributed by atoms with E-state index in [1.807, 2.05) is 30.3 Å². The van der Waals surface area contributed by atoms with Crippen molar-refractivity contribution in [1.29, 1.82) is 0 Å². The van der Waals surface area contributed by atoms with Gasteiger partial charge in [0.1, 0.15) is 0 Å². The summed E-state index contributed by atoms with van der Waals surface area (Å²) < 4.78 is 2.27. The number of nitrogens with zero attached hydrogens (tertiary/aromatic N) is 1. The number of hydrogen-bond acceptors (Lipinski definition) is 5. The minimum absolute atomic E-state index is 0.853. The van der Waals surface area contributed by atoms with Gasteiger partial charge < -0.3 is 5.11 Å². The van der Waals surface area contributed by atoms with Gasteiger partial charge in [-0.1, -0.05) is 23.9 Å². The van der Waals surface area contributed by atoms with E-state index in [0.29, 0.717) is 0 Å². The van der Waals surface area contributed by atoms with Crippen LogP contribution >= 0.6 is 34.4 Å². The normalized spacial score (nSPS) is 11.4. The number of para-hydroxylation sites is 1. The number of benzene rings is 1. The standard InChI is InChI=1S/C15H11NO2S3/c17-14(18)8-7-10-5-6-11(20-10)9-19-15-16-12-3-1-2-4-13(12)21-15/h1-8H,9H2,(H,17,18). The fourth-order valence-corrected chi connectivity index (χ4v) is 4.79. The Morgan fingerprint density at radius 2 is 2.10 bits per heavy atom. The van der Waals surface area contributed by atoms with Crippen LogP contribution in [0.3, 0.4) is 0 Å². The number of aromatic nitrogens is 1. The molecule has 0 atom stereocenters. The number of hydrogen-bond donors (Lipinski definition) is 1. The lowest BCUT2D eigenvalue weighted by Crippen LogP contribution is -1.84. The van der Waals surface area contributed by atoms with E-state index < -0.39 is 5.97 Å². The van der Waals surface area contributed by atoms with Crippen molar-refractivity contribution in [2.45, 2.75) is 10.1 Å². The molecule has 6 heteroatoms. The number of carboxylic acid groups (broad SMARTS) is 1. The van der Waals surface area contributed by atoms with Gasteiger partial charge in [-0.3, -0.25) is 0 Å². The summed E-state index contributed by atoms with van der Waals surface area (Å²) in [5.74, 6) is -0.0698. The van der Waals surface area contributed by atoms with Crippen LogP contribution in [0.5, 0.6) is 0 Å². The maximum Gasteiger partial charge on any atom is 0.328 e. The van der Waals surface area contributed by atoms with Gasteiger partial charge in [0.15, 0.2) is 4.34 Å². The highest BCUT2D eigenvalue weighted by Gasteiger charge is 2.05. The zero-order valence-corrected chi connectivity index (χ0v) is 13.3. The Kier molecular flexibility index (Phi) is 4.38. The molecule has 0 aliphatic carbocycles. The predicted octanol–water partition coefficient (Wildman–Crippen LogP) is 4.75. The SMILES string of the molecule is O=C(O)C=Cc1ccc(CSc2nc3ccccc3s2)s1. The van der Waals surface area contributed by atoms with Crippen LogP contribution < -0.4 is 0 Å². The number of thiazole rings is 1. The first kappa shape index (κ1) is 14.3. The molecule has 0 aliphatic heterocycles. The third-order valence-electron chi connectivity index (χ3n) is 2.68. The Bertz CT molecular complexity index is 771. The fraction of sp³-hybridized carbons (Fsp3) is 0.0667. The first-order chi connectivity index (χ1) is 10.2. The van der Waals surface area contributed by atoms with Crippen molar-refractivity contribution < 1.29 is 9.90 Å². The summed E-state index contributed by atoms with van der Waals surface area (Å²) in [5, 5.41) is 8.61. The Morgan fingerprint density at radius 1 is 1.24 bits per heavy atom. The minimum Gasteiger partial charge on any atom is -0.478 e. The van der Waals surface area contributed by atoms with Gasteiger partial charge in [-0.15, -0.1) is 22.7 Å². The van der Waals surface area contributed by atoms with Gasteiger partial charge in [0.2, 0.25) is 0 Å². The van der Waals surface area contributed by atoms with E-state index >= 15 is 0 Å². The van der Waals surface area contributed by atoms with Crippen LogP contribution in [0.1, 0.15) is 9.75 Å². The maximum absolute atomic E-state index is 10.5. The van der Waals surface area contributed by atoms with Gasteiger partial charge in [0.05, 0.1) is 10.2 Å². The van der Waals surface area contributed by atoms with E-state index in [0.717, 1.165) is 26.6 Å². The summed E-state index contributed by atoms with van der Waals surface area (Å²) in [5.41, 5.74) is 1.04. The predicted molar refractivity (Wildman–Crippen MR) is 90.2 cm³/mol. The van der Waals surface area contributed by atoms with Gasteiger partial charge >= 0.3 is 5.97 Å².